The van der Waals surface area contributed by atoms with Gasteiger partial charge in [0.25, 0.3) is 0 Å². The van der Waals surface area contributed by atoms with Gasteiger partial charge >= 0.3 is 0 Å². The van der Waals surface area contributed by atoms with Crippen LogP contribution in [0.25, 0.3) is 15.5 Å². The van der Waals surface area contributed by atoms with Gasteiger partial charge in [-0.2, -0.15) is 21.0 Å². The monoisotopic (exact) mass is 250 g/mol. The Labute approximate surface area is 101 Å². The van der Waals surface area contributed by atoms with Crippen LogP contribution in [0, 0.1) is 0 Å². The van der Waals surface area contributed by atoms with Crippen molar-refractivity contribution in [2.75, 3.05) is 0 Å². The summed E-state index contributed by atoms with van der Waals surface area (Å²) < 4.78 is 1.86. The minimum absolute atomic E-state index is 0.879. The maximum absolute atomic E-state index is 4.55. The average molecular weight is 250 g/mol. The van der Waals surface area contributed by atoms with E-state index < -0.39 is 0 Å². The summed E-state index contributed by atoms with van der Waals surface area (Å²) in [4.78, 5) is 0.879. The van der Waals surface area contributed by atoms with Gasteiger partial charge in [-0.25, -0.2) is 0 Å². The Morgan fingerprint density at radius 1 is 1.38 bits per heavy atom. The summed E-state index contributed by atoms with van der Waals surface area (Å²) in [7, 11) is 0. The molecule has 0 N–H and O–H groups in total. The molecule has 0 unspecified atom stereocenters. The van der Waals surface area contributed by atoms with Crippen molar-refractivity contribution in [1.29, 1.82) is 0 Å². The first-order valence-corrected chi connectivity index (χ1v) is 6.88. The standard InChI is InChI=1S/C10H10N4S2/c1-2-3-8-11-12-10-14(8)13-9(16-10)7-4-5-15-6-7/h4-6H,2-3H2,1H3. The van der Waals surface area contributed by atoms with Crippen molar-refractivity contribution in [3.05, 3.63) is 22.7 Å². The number of rotatable bonds is 3. The second-order valence-electron chi connectivity index (χ2n) is 3.48. The highest BCUT2D eigenvalue weighted by molar-refractivity contribution is 7.20. The molecule has 0 spiro atoms. The fraction of sp³-hybridized carbons (Fsp3) is 0.300. The minimum atomic E-state index is 0.879. The van der Waals surface area contributed by atoms with Crippen molar-refractivity contribution in [2.45, 2.75) is 19.8 Å². The quantitative estimate of drug-likeness (QED) is 0.718. The lowest BCUT2D eigenvalue weighted by Gasteiger charge is -1.90. The molecule has 0 bridgehead atoms. The van der Waals surface area contributed by atoms with E-state index in [0.717, 1.165) is 28.6 Å². The number of thiophene rings is 1. The third-order valence-electron chi connectivity index (χ3n) is 2.30. The van der Waals surface area contributed by atoms with E-state index in [0.29, 0.717) is 0 Å². The molecule has 0 atom stereocenters. The molecular formula is C10H10N4S2. The first kappa shape index (κ1) is 9.92. The summed E-state index contributed by atoms with van der Waals surface area (Å²) in [6, 6.07) is 2.08. The fourth-order valence-corrected chi connectivity index (χ4v) is 3.11. The number of aryl methyl sites for hydroxylation is 1. The van der Waals surface area contributed by atoms with Gasteiger partial charge in [-0.05, 0) is 17.9 Å². The zero-order valence-electron chi connectivity index (χ0n) is 8.75. The summed E-state index contributed by atoms with van der Waals surface area (Å²) in [5.41, 5.74) is 1.17. The Hall–Kier alpha value is -1.27. The molecule has 0 radical (unpaired) electrons. The first-order chi connectivity index (χ1) is 7.88. The molecule has 6 heteroatoms. The van der Waals surface area contributed by atoms with E-state index in [-0.39, 0.29) is 0 Å². The molecule has 3 rings (SSSR count). The molecule has 3 heterocycles. The molecular weight excluding hydrogens is 240 g/mol. The second kappa shape index (κ2) is 3.95. The van der Waals surface area contributed by atoms with Crippen molar-refractivity contribution in [1.82, 2.24) is 19.8 Å². The van der Waals surface area contributed by atoms with Gasteiger partial charge in [0.2, 0.25) is 4.96 Å². The van der Waals surface area contributed by atoms with Crippen LogP contribution in [0.15, 0.2) is 16.8 Å². The summed E-state index contributed by atoms with van der Waals surface area (Å²) in [5, 5.41) is 18.0. The van der Waals surface area contributed by atoms with E-state index in [1.165, 1.54) is 5.56 Å². The summed E-state index contributed by atoms with van der Waals surface area (Å²) in [5.74, 6) is 0.954. The van der Waals surface area contributed by atoms with Crippen LogP contribution >= 0.6 is 22.7 Å². The molecule has 0 amide bonds. The topological polar surface area (TPSA) is 43.1 Å². The number of aromatic nitrogens is 4. The van der Waals surface area contributed by atoms with Gasteiger partial charge in [0, 0.05) is 17.4 Å². The molecule has 0 saturated heterocycles. The zero-order chi connectivity index (χ0) is 11.0. The highest BCUT2D eigenvalue weighted by atomic mass is 32.1. The van der Waals surface area contributed by atoms with Gasteiger partial charge in [0.05, 0.1) is 0 Å². The Bertz CT molecular complexity index is 593. The predicted octanol–water partition coefficient (Wildman–Crippen LogP) is 2.87. The smallest absolute Gasteiger partial charge is 0.187 e. The maximum Gasteiger partial charge on any atom is 0.234 e. The van der Waals surface area contributed by atoms with E-state index in [1.54, 1.807) is 22.7 Å². The van der Waals surface area contributed by atoms with Gasteiger partial charge in [0.1, 0.15) is 5.01 Å². The van der Waals surface area contributed by atoms with Crippen LogP contribution in [-0.2, 0) is 6.42 Å². The Balaban J connectivity index is 2.09. The molecule has 82 valence electrons. The lowest BCUT2D eigenvalue weighted by Crippen LogP contribution is -1.94. The van der Waals surface area contributed by atoms with Crippen molar-refractivity contribution < 1.29 is 0 Å². The number of nitrogens with zero attached hydrogens (tertiary/aromatic N) is 4. The van der Waals surface area contributed by atoms with Gasteiger partial charge in [0.15, 0.2) is 5.82 Å². The highest BCUT2D eigenvalue weighted by Crippen LogP contribution is 2.27. The molecule has 0 fully saturated rings. The summed E-state index contributed by atoms with van der Waals surface area (Å²) >= 11 is 3.27. The molecule has 0 saturated carbocycles. The summed E-state index contributed by atoms with van der Waals surface area (Å²) in [6.07, 6.45) is 1.99. The van der Waals surface area contributed by atoms with Crippen molar-refractivity contribution in [3.8, 4) is 10.6 Å². The molecule has 0 aliphatic rings. The third kappa shape index (κ3) is 1.54. The molecule has 0 aliphatic carbocycles. The van der Waals surface area contributed by atoms with E-state index >= 15 is 0 Å². The third-order valence-corrected chi connectivity index (χ3v) is 3.93. The predicted molar refractivity (Wildman–Crippen MR) is 66.0 cm³/mol. The zero-order valence-corrected chi connectivity index (χ0v) is 10.4. The number of hydrogen-bond donors (Lipinski definition) is 0. The number of hydrogen-bond acceptors (Lipinski definition) is 5. The van der Waals surface area contributed by atoms with Crippen LogP contribution in [0.3, 0.4) is 0 Å². The molecule has 3 aromatic rings. The van der Waals surface area contributed by atoms with Gasteiger partial charge in [-0.15, -0.1) is 10.2 Å². The van der Waals surface area contributed by atoms with Crippen LogP contribution < -0.4 is 0 Å². The Morgan fingerprint density at radius 2 is 2.31 bits per heavy atom. The van der Waals surface area contributed by atoms with Crippen LogP contribution in [0.4, 0.5) is 0 Å². The van der Waals surface area contributed by atoms with Gasteiger partial charge in [-0.3, -0.25) is 0 Å². The van der Waals surface area contributed by atoms with Gasteiger partial charge < -0.3 is 0 Å². The van der Waals surface area contributed by atoms with E-state index in [4.69, 9.17) is 0 Å². The largest absolute Gasteiger partial charge is 0.234 e. The van der Waals surface area contributed by atoms with Gasteiger partial charge in [-0.1, -0.05) is 18.3 Å². The van der Waals surface area contributed by atoms with Crippen molar-refractivity contribution >= 4 is 27.6 Å². The first-order valence-electron chi connectivity index (χ1n) is 5.12. The van der Waals surface area contributed by atoms with Crippen LogP contribution in [-0.4, -0.2) is 19.8 Å². The van der Waals surface area contributed by atoms with Crippen LogP contribution in [0.5, 0.6) is 0 Å². The molecule has 4 nitrogen and oxygen atoms in total. The Morgan fingerprint density at radius 3 is 3.06 bits per heavy atom. The van der Waals surface area contributed by atoms with E-state index in [9.17, 15) is 0 Å². The van der Waals surface area contributed by atoms with Crippen molar-refractivity contribution in [2.24, 2.45) is 0 Å². The normalized spacial score (nSPS) is 11.3. The SMILES string of the molecule is CCCc1nnc2sc(-c3ccsc3)nn12. The van der Waals surface area contributed by atoms with E-state index in [2.05, 4.69) is 39.0 Å². The van der Waals surface area contributed by atoms with Crippen LogP contribution in [0.1, 0.15) is 19.2 Å². The maximum atomic E-state index is 4.55. The van der Waals surface area contributed by atoms with E-state index in [1.807, 2.05) is 4.52 Å². The number of fused-ring (bicyclic) bond motifs is 1. The average Bonchev–Trinajstić information content (AvgIpc) is 2.93. The molecule has 0 aliphatic heterocycles. The summed E-state index contributed by atoms with van der Waals surface area (Å²) in [6.45, 7) is 2.13. The lowest BCUT2D eigenvalue weighted by molar-refractivity contribution is 0.778. The van der Waals surface area contributed by atoms with Crippen LogP contribution in [0.2, 0.25) is 0 Å². The molecule has 3 aromatic heterocycles. The second-order valence-corrected chi connectivity index (χ2v) is 5.22. The highest BCUT2D eigenvalue weighted by Gasteiger charge is 2.12. The van der Waals surface area contributed by atoms with Crippen molar-refractivity contribution in [3.63, 3.8) is 0 Å². The molecule has 0 aromatic carbocycles. The lowest BCUT2D eigenvalue weighted by atomic mass is 10.3. The minimum Gasteiger partial charge on any atom is -0.187 e. The fourth-order valence-electron chi connectivity index (χ4n) is 1.54. The molecule has 16 heavy (non-hydrogen) atoms. The Kier molecular flexibility index (Phi) is 2.45.